The van der Waals surface area contributed by atoms with E-state index in [0.717, 1.165) is 4.47 Å². The fourth-order valence-electron chi connectivity index (χ4n) is 1.18. The minimum atomic E-state index is -4.28. The third-order valence-electron chi connectivity index (χ3n) is 1.93. The molecule has 0 fully saturated rings. The van der Waals surface area contributed by atoms with Crippen molar-refractivity contribution in [1.82, 2.24) is 0 Å². The zero-order chi connectivity index (χ0) is 13.6. The Labute approximate surface area is 111 Å². The van der Waals surface area contributed by atoms with Gasteiger partial charge in [-0.3, -0.25) is 0 Å². The molecule has 1 aromatic carbocycles. The number of hydrogen-bond acceptors (Lipinski definition) is 3. The zero-order valence-corrected chi connectivity index (χ0v) is 11.1. The van der Waals surface area contributed by atoms with Crippen LogP contribution in [0.2, 0.25) is 0 Å². The van der Waals surface area contributed by atoms with Gasteiger partial charge in [0.1, 0.15) is 12.4 Å². The van der Waals surface area contributed by atoms with Crippen molar-refractivity contribution < 1.29 is 22.6 Å². The van der Waals surface area contributed by atoms with Gasteiger partial charge in [-0.1, -0.05) is 15.9 Å². The summed E-state index contributed by atoms with van der Waals surface area (Å²) in [5.74, 6) is 0.508. The second-order valence-corrected chi connectivity index (χ2v) is 4.47. The predicted octanol–water partition coefficient (Wildman–Crippen LogP) is 3.38. The van der Waals surface area contributed by atoms with Gasteiger partial charge in [0.15, 0.2) is 0 Å². The Balaban J connectivity index is 2.18. The number of nitrogens with two attached hydrogens (primary N) is 1. The fraction of sp³-hybridized carbons (Fsp3) is 0.455. The molecule has 1 aromatic rings. The molecule has 2 N–H and O–H groups in total. The van der Waals surface area contributed by atoms with Gasteiger partial charge in [0.05, 0.1) is 18.9 Å². The minimum absolute atomic E-state index is 0.00403. The lowest BCUT2D eigenvalue weighted by Gasteiger charge is -2.10. The molecule has 0 aliphatic heterocycles. The van der Waals surface area contributed by atoms with E-state index in [1.807, 2.05) is 0 Å². The Morgan fingerprint density at radius 1 is 1.22 bits per heavy atom. The minimum Gasteiger partial charge on any atom is -0.491 e. The highest BCUT2D eigenvalue weighted by atomic mass is 79.9. The molecular weight excluding hydrogens is 315 g/mol. The van der Waals surface area contributed by atoms with Crippen molar-refractivity contribution in [2.45, 2.75) is 12.6 Å². The molecular formula is C11H13BrF3NO2. The number of ether oxygens (including phenoxy) is 2. The van der Waals surface area contributed by atoms with Crippen LogP contribution in [0, 0.1) is 0 Å². The molecule has 0 aliphatic rings. The first-order chi connectivity index (χ1) is 8.38. The highest BCUT2D eigenvalue weighted by Gasteiger charge is 2.27. The molecule has 1 rings (SSSR count). The molecule has 7 heteroatoms. The molecule has 0 heterocycles. The molecule has 0 spiro atoms. The van der Waals surface area contributed by atoms with Gasteiger partial charge in [-0.25, -0.2) is 0 Å². The molecule has 18 heavy (non-hydrogen) atoms. The SMILES string of the molecule is Nc1cc(Br)ccc1OCCCOCC(F)(F)F. The molecule has 0 saturated heterocycles. The van der Waals surface area contributed by atoms with Crippen LogP contribution in [0.4, 0.5) is 18.9 Å². The summed E-state index contributed by atoms with van der Waals surface area (Å²) in [6.45, 7) is -0.979. The molecule has 0 amide bonds. The van der Waals surface area contributed by atoms with Gasteiger partial charge in [0.25, 0.3) is 0 Å². The number of anilines is 1. The van der Waals surface area contributed by atoms with E-state index in [4.69, 9.17) is 10.5 Å². The number of halogens is 4. The number of benzene rings is 1. The monoisotopic (exact) mass is 327 g/mol. The van der Waals surface area contributed by atoms with Gasteiger partial charge in [-0.15, -0.1) is 0 Å². The summed E-state index contributed by atoms with van der Waals surface area (Å²) in [6.07, 6.45) is -3.91. The average Bonchev–Trinajstić information content (AvgIpc) is 2.24. The topological polar surface area (TPSA) is 44.5 Å². The van der Waals surface area contributed by atoms with Crippen LogP contribution in [0.3, 0.4) is 0 Å². The van der Waals surface area contributed by atoms with E-state index in [2.05, 4.69) is 20.7 Å². The first-order valence-corrected chi connectivity index (χ1v) is 6.00. The van der Waals surface area contributed by atoms with E-state index in [1.165, 1.54) is 0 Å². The van der Waals surface area contributed by atoms with Crippen LogP contribution >= 0.6 is 15.9 Å². The van der Waals surface area contributed by atoms with Gasteiger partial charge in [0, 0.05) is 10.9 Å². The molecule has 0 bridgehead atoms. The summed E-state index contributed by atoms with van der Waals surface area (Å²) in [5, 5.41) is 0. The lowest BCUT2D eigenvalue weighted by Crippen LogP contribution is -2.18. The van der Waals surface area contributed by atoms with Crippen molar-refractivity contribution >= 4 is 21.6 Å². The lowest BCUT2D eigenvalue weighted by molar-refractivity contribution is -0.174. The molecule has 102 valence electrons. The van der Waals surface area contributed by atoms with E-state index in [1.54, 1.807) is 18.2 Å². The third kappa shape index (κ3) is 6.11. The van der Waals surface area contributed by atoms with Crippen LogP contribution in [0.5, 0.6) is 5.75 Å². The highest BCUT2D eigenvalue weighted by Crippen LogP contribution is 2.25. The maximum absolute atomic E-state index is 11.7. The Hall–Kier alpha value is -0.950. The summed E-state index contributed by atoms with van der Waals surface area (Å²) in [6, 6.07) is 5.15. The van der Waals surface area contributed by atoms with Crippen LogP contribution in [-0.2, 0) is 4.74 Å². The standard InChI is InChI=1S/C11H13BrF3NO2/c12-8-2-3-10(9(16)6-8)18-5-1-4-17-7-11(13,14)15/h2-3,6H,1,4-5,7,16H2. The van der Waals surface area contributed by atoms with Crippen LogP contribution in [0.25, 0.3) is 0 Å². The summed E-state index contributed by atoms with van der Waals surface area (Å²) in [4.78, 5) is 0. The third-order valence-corrected chi connectivity index (χ3v) is 2.42. The molecule has 0 aromatic heterocycles. The summed E-state index contributed by atoms with van der Waals surface area (Å²) < 4.78 is 45.8. The van der Waals surface area contributed by atoms with E-state index < -0.39 is 12.8 Å². The summed E-state index contributed by atoms with van der Waals surface area (Å²) >= 11 is 3.26. The van der Waals surface area contributed by atoms with Gasteiger partial charge in [0.2, 0.25) is 0 Å². The Kier molecular flexibility index (Phi) is 5.74. The summed E-state index contributed by atoms with van der Waals surface area (Å²) in [5.41, 5.74) is 6.16. The van der Waals surface area contributed by atoms with Crippen molar-refractivity contribution in [3.05, 3.63) is 22.7 Å². The second kappa shape index (κ2) is 6.84. The molecule has 0 atom stereocenters. The zero-order valence-electron chi connectivity index (χ0n) is 9.47. The van der Waals surface area contributed by atoms with E-state index in [9.17, 15) is 13.2 Å². The molecule has 0 radical (unpaired) electrons. The largest absolute Gasteiger partial charge is 0.491 e. The first-order valence-electron chi connectivity index (χ1n) is 5.21. The molecule has 0 aliphatic carbocycles. The van der Waals surface area contributed by atoms with E-state index in [-0.39, 0.29) is 13.2 Å². The maximum Gasteiger partial charge on any atom is 0.411 e. The van der Waals surface area contributed by atoms with Crippen molar-refractivity contribution in [3.8, 4) is 5.75 Å². The second-order valence-electron chi connectivity index (χ2n) is 3.55. The van der Waals surface area contributed by atoms with Crippen LogP contribution in [-0.4, -0.2) is 26.0 Å². The normalized spacial score (nSPS) is 11.6. The highest BCUT2D eigenvalue weighted by molar-refractivity contribution is 9.10. The van der Waals surface area contributed by atoms with Gasteiger partial charge in [-0.05, 0) is 18.2 Å². The van der Waals surface area contributed by atoms with Gasteiger partial charge >= 0.3 is 6.18 Å². The average molecular weight is 328 g/mol. The van der Waals surface area contributed by atoms with Gasteiger partial charge in [-0.2, -0.15) is 13.2 Å². The Morgan fingerprint density at radius 3 is 2.56 bits per heavy atom. The number of rotatable bonds is 6. The predicted molar refractivity (Wildman–Crippen MR) is 65.5 cm³/mol. The fourth-order valence-corrected chi connectivity index (χ4v) is 1.56. The number of alkyl halides is 3. The Morgan fingerprint density at radius 2 is 1.94 bits per heavy atom. The van der Waals surface area contributed by atoms with Crippen molar-refractivity contribution in [1.29, 1.82) is 0 Å². The maximum atomic E-state index is 11.7. The smallest absolute Gasteiger partial charge is 0.411 e. The molecule has 3 nitrogen and oxygen atoms in total. The lowest BCUT2D eigenvalue weighted by atomic mass is 10.3. The molecule has 0 unspecified atom stereocenters. The van der Waals surface area contributed by atoms with Crippen LogP contribution in [0.1, 0.15) is 6.42 Å². The van der Waals surface area contributed by atoms with Crippen molar-refractivity contribution in [3.63, 3.8) is 0 Å². The Bertz CT molecular complexity index is 385. The van der Waals surface area contributed by atoms with Crippen molar-refractivity contribution in [2.24, 2.45) is 0 Å². The van der Waals surface area contributed by atoms with Crippen molar-refractivity contribution in [2.75, 3.05) is 25.6 Å². The summed E-state index contributed by atoms with van der Waals surface area (Å²) in [7, 11) is 0. The quantitative estimate of drug-likeness (QED) is 0.643. The van der Waals surface area contributed by atoms with Gasteiger partial charge < -0.3 is 15.2 Å². The van der Waals surface area contributed by atoms with E-state index in [0.29, 0.717) is 17.9 Å². The van der Waals surface area contributed by atoms with E-state index >= 15 is 0 Å². The molecule has 0 saturated carbocycles. The van der Waals surface area contributed by atoms with Crippen LogP contribution < -0.4 is 10.5 Å². The first kappa shape index (κ1) is 15.1. The number of hydrogen-bond donors (Lipinski definition) is 1. The number of nitrogen functional groups attached to an aromatic ring is 1. The van der Waals surface area contributed by atoms with Crippen LogP contribution in [0.15, 0.2) is 22.7 Å².